The van der Waals surface area contributed by atoms with Crippen molar-refractivity contribution in [1.82, 2.24) is 10.2 Å². The van der Waals surface area contributed by atoms with Crippen LogP contribution in [0, 0.1) is 6.92 Å². The average Bonchev–Trinajstić information content (AvgIpc) is 2.64. The van der Waals surface area contributed by atoms with Crippen molar-refractivity contribution in [3.8, 4) is 10.6 Å². The number of aryl methyl sites for hydroxylation is 1. The Kier molecular flexibility index (Phi) is 3.47. The van der Waals surface area contributed by atoms with Gasteiger partial charge in [0.25, 0.3) is 0 Å². The van der Waals surface area contributed by atoms with Crippen LogP contribution in [-0.4, -0.2) is 10.2 Å². The summed E-state index contributed by atoms with van der Waals surface area (Å²) in [6.07, 6.45) is 0. The van der Waals surface area contributed by atoms with Crippen molar-refractivity contribution < 1.29 is 0 Å². The Labute approximate surface area is 108 Å². The number of rotatable bonds is 2. The van der Waals surface area contributed by atoms with Crippen LogP contribution >= 0.6 is 34.5 Å². The molecule has 0 saturated heterocycles. The lowest BCUT2D eigenvalue weighted by atomic mass is 10.1. The van der Waals surface area contributed by atoms with Gasteiger partial charge in [0.2, 0.25) is 0 Å². The van der Waals surface area contributed by atoms with Crippen LogP contribution in [0.3, 0.4) is 0 Å². The quantitative estimate of drug-likeness (QED) is 0.754. The molecule has 0 aliphatic carbocycles. The van der Waals surface area contributed by atoms with E-state index in [4.69, 9.17) is 23.2 Å². The van der Waals surface area contributed by atoms with Gasteiger partial charge < -0.3 is 0 Å². The van der Waals surface area contributed by atoms with Crippen LogP contribution in [0.1, 0.15) is 22.9 Å². The first kappa shape index (κ1) is 11.8. The molecule has 0 fully saturated rings. The summed E-state index contributed by atoms with van der Waals surface area (Å²) < 4.78 is 0. The summed E-state index contributed by atoms with van der Waals surface area (Å²) in [6.45, 7) is 3.89. The highest BCUT2D eigenvalue weighted by atomic mass is 35.5. The molecule has 2 nitrogen and oxygen atoms in total. The Bertz CT molecular complexity index is 488. The molecule has 0 radical (unpaired) electrons. The molecule has 1 aromatic heterocycles. The Hall–Kier alpha value is -0.640. The number of alkyl halides is 1. The van der Waals surface area contributed by atoms with Crippen molar-refractivity contribution in [1.29, 1.82) is 0 Å². The molecule has 16 heavy (non-hydrogen) atoms. The van der Waals surface area contributed by atoms with Gasteiger partial charge >= 0.3 is 0 Å². The lowest BCUT2D eigenvalue weighted by Crippen LogP contribution is -1.81. The maximum absolute atomic E-state index is 6.00. The molecule has 0 amide bonds. The van der Waals surface area contributed by atoms with Crippen LogP contribution in [0.2, 0.25) is 5.02 Å². The van der Waals surface area contributed by atoms with Gasteiger partial charge in [0, 0.05) is 10.6 Å². The van der Waals surface area contributed by atoms with E-state index in [1.54, 1.807) is 0 Å². The Balaban J connectivity index is 2.42. The zero-order valence-electron chi connectivity index (χ0n) is 8.87. The fourth-order valence-corrected chi connectivity index (χ4v) is 2.60. The molecule has 1 heterocycles. The van der Waals surface area contributed by atoms with Crippen molar-refractivity contribution in [3.05, 3.63) is 33.8 Å². The van der Waals surface area contributed by atoms with Gasteiger partial charge in [0.1, 0.15) is 10.0 Å². The fourth-order valence-electron chi connectivity index (χ4n) is 1.37. The van der Waals surface area contributed by atoms with E-state index in [-0.39, 0.29) is 5.38 Å². The summed E-state index contributed by atoms with van der Waals surface area (Å²) >= 11 is 13.4. The normalized spacial score (nSPS) is 12.8. The van der Waals surface area contributed by atoms with Gasteiger partial charge in [-0.25, -0.2) is 0 Å². The van der Waals surface area contributed by atoms with Crippen LogP contribution in [0.25, 0.3) is 10.6 Å². The average molecular weight is 273 g/mol. The number of aromatic nitrogens is 2. The molecule has 5 heteroatoms. The Morgan fingerprint density at radius 1 is 1.25 bits per heavy atom. The monoisotopic (exact) mass is 272 g/mol. The van der Waals surface area contributed by atoms with Crippen LogP contribution in [0.4, 0.5) is 0 Å². The van der Waals surface area contributed by atoms with Gasteiger partial charge in [-0.05, 0) is 37.6 Å². The first-order chi connectivity index (χ1) is 7.56. The highest BCUT2D eigenvalue weighted by Crippen LogP contribution is 2.31. The topological polar surface area (TPSA) is 25.8 Å². The summed E-state index contributed by atoms with van der Waals surface area (Å²) in [7, 11) is 0. The number of hydrogen-bond donors (Lipinski definition) is 0. The lowest BCUT2D eigenvalue weighted by molar-refractivity contribution is 0.962. The summed E-state index contributed by atoms with van der Waals surface area (Å²) in [5.74, 6) is 0. The molecular formula is C11H10Cl2N2S. The molecule has 1 atom stereocenters. The zero-order chi connectivity index (χ0) is 11.7. The third kappa shape index (κ3) is 2.54. The predicted molar refractivity (Wildman–Crippen MR) is 69.4 cm³/mol. The van der Waals surface area contributed by atoms with E-state index in [2.05, 4.69) is 10.2 Å². The minimum Gasteiger partial charge on any atom is -0.142 e. The van der Waals surface area contributed by atoms with Crippen molar-refractivity contribution in [2.45, 2.75) is 19.2 Å². The van der Waals surface area contributed by atoms with Crippen molar-refractivity contribution in [3.63, 3.8) is 0 Å². The minimum atomic E-state index is -0.105. The molecule has 84 valence electrons. The summed E-state index contributed by atoms with van der Waals surface area (Å²) in [6, 6.07) is 5.84. The van der Waals surface area contributed by atoms with Crippen LogP contribution < -0.4 is 0 Å². The van der Waals surface area contributed by atoms with Crippen molar-refractivity contribution in [2.75, 3.05) is 0 Å². The highest BCUT2D eigenvalue weighted by molar-refractivity contribution is 7.15. The largest absolute Gasteiger partial charge is 0.147 e. The molecule has 0 spiro atoms. The zero-order valence-corrected chi connectivity index (χ0v) is 11.2. The second kappa shape index (κ2) is 4.70. The maximum atomic E-state index is 6.00. The van der Waals surface area contributed by atoms with Crippen LogP contribution in [0.5, 0.6) is 0 Å². The second-order valence-corrected chi connectivity index (χ2v) is 5.68. The molecule has 0 saturated carbocycles. The van der Waals surface area contributed by atoms with Gasteiger partial charge in [0.15, 0.2) is 0 Å². The molecule has 0 N–H and O–H groups in total. The summed E-state index contributed by atoms with van der Waals surface area (Å²) in [5, 5.41) is 10.5. The smallest absolute Gasteiger partial charge is 0.142 e. The second-order valence-electron chi connectivity index (χ2n) is 3.58. The molecule has 1 aromatic carbocycles. The number of nitrogens with zero attached hydrogens (tertiary/aromatic N) is 2. The lowest BCUT2D eigenvalue weighted by Gasteiger charge is -1.99. The Morgan fingerprint density at radius 3 is 2.56 bits per heavy atom. The molecule has 0 aliphatic heterocycles. The first-order valence-electron chi connectivity index (χ1n) is 4.81. The van der Waals surface area contributed by atoms with E-state index >= 15 is 0 Å². The van der Waals surface area contributed by atoms with Crippen LogP contribution in [0.15, 0.2) is 18.2 Å². The Morgan fingerprint density at radius 2 is 2.00 bits per heavy atom. The first-order valence-corrected chi connectivity index (χ1v) is 6.44. The SMILES string of the molecule is Cc1cc(Cl)cc(-c2nnc(C(C)Cl)s2)c1. The molecule has 2 rings (SSSR count). The van der Waals surface area contributed by atoms with Gasteiger partial charge in [-0.15, -0.1) is 21.8 Å². The highest BCUT2D eigenvalue weighted by Gasteiger charge is 2.11. The maximum Gasteiger partial charge on any atom is 0.147 e. The standard InChI is InChI=1S/C11H10Cl2N2S/c1-6-3-8(5-9(13)4-6)11-15-14-10(16-11)7(2)12/h3-5,7H,1-2H3. The molecular weight excluding hydrogens is 263 g/mol. The predicted octanol–water partition coefficient (Wildman–Crippen LogP) is 4.47. The van der Waals surface area contributed by atoms with Gasteiger partial charge in [-0.2, -0.15) is 0 Å². The van der Waals surface area contributed by atoms with E-state index in [0.717, 1.165) is 21.1 Å². The third-order valence-electron chi connectivity index (χ3n) is 2.07. The number of hydrogen-bond acceptors (Lipinski definition) is 3. The van der Waals surface area contributed by atoms with Gasteiger partial charge in [-0.3, -0.25) is 0 Å². The third-order valence-corrected chi connectivity index (χ3v) is 3.78. The fraction of sp³-hybridized carbons (Fsp3) is 0.273. The van der Waals surface area contributed by atoms with E-state index < -0.39 is 0 Å². The van der Waals surface area contributed by atoms with Crippen molar-refractivity contribution >= 4 is 34.5 Å². The van der Waals surface area contributed by atoms with E-state index in [0.29, 0.717) is 5.02 Å². The van der Waals surface area contributed by atoms with Crippen molar-refractivity contribution in [2.24, 2.45) is 0 Å². The van der Waals surface area contributed by atoms with Crippen LogP contribution in [-0.2, 0) is 0 Å². The molecule has 0 aliphatic rings. The summed E-state index contributed by atoms with van der Waals surface area (Å²) in [5.41, 5.74) is 2.10. The van der Waals surface area contributed by atoms with E-state index in [9.17, 15) is 0 Å². The van der Waals surface area contributed by atoms with Gasteiger partial charge in [-0.1, -0.05) is 22.9 Å². The van der Waals surface area contributed by atoms with E-state index in [1.807, 2.05) is 32.0 Å². The summed E-state index contributed by atoms with van der Waals surface area (Å²) in [4.78, 5) is 0. The van der Waals surface area contributed by atoms with Gasteiger partial charge in [0.05, 0.1) is 5.38 Å². The molecule has 1 unspecified atom stereocenters. The number of benzene rings is 1. The minimum absolute atomic E-state index is 0.105. The van der Waals surface area contributed by atoms with E-state index in [1.165, 1.54) is 11.3 Å². The number of halogens is 2. The molecule has 0 bridgehead atoms. The molecule has 2 aromatic rings.